The smallest absolute Gasteiger partial charge is 0.254 e. The number of rotatable bonds is 3. The van der Waals surface area contributed by atoms with Crippen molar-refractivity contribution >= 4 is 5.91 Å². The van der Waals surface area contributed by atoms with Crippen LogP contribution in [0.2, 0.25) is 0 Å². The third-order valence-electron chi connectivity index (χ3n) is 3.13. The molecule has 0 aliphatic carbocycles. The molecule has 1 aromatic heterocycles. The minimum absolute atomic E-state index is 0.0307. The van der Waals surface area contributed by atoms with Gasteiger partial charge in [0.1, 0.15) is 0 Å². The fourth-order valence-corrected chi connectivity index (χ4v) is 2.12. The van der Waals surface area contributed by atoms with Gasteiger partial charge < -0.3 is 4.90 Å². The molecule has 0 atom stereocenters. The zero-order valence-electron chi connectivity index (χ0n) is 11.8. The molecule has 0 radical (unpaired) electrons. The van der Waals surface area contributed by atoms with Crippen LogP contribution in [0.15, 0.2) is 30.5 Å². The Kier molecular flexibility index (Phi) is 3.69. The van der Waals surface area contributed by atoms with Crippen LogP contribution in [0.3, 0.4) is 0 Å². The lowest BCUT2D eigenvalue weighted by Gasteiger charge is -2.17. The maximum absolute atomic E-state index is 12.4. The molecule has 2 aromatic rings. The minimum Gasteiger partial charge on any atom is -0.336 e. The molecule has 2 rings (SSSR count). The molecule has 0 aliphatic rings. The van der Waals surface area contributed by atoms with Crippen LogP contribution in [0.1, 0.15) is 27.2 Å². The number of benzene rings is 1. The number of hydrogen-bond donors (Lipinski definition) is 0. The molecule has 1 amide bonds. The summed E-state index contributed by atoms with van der Waals surface area (Å²) in [7, 11) is 3.67. The summed E-state index contributed by atoms with van der Waals surface area (Å²) in [5.74, 6) is 0.0307. The number of amides is 1. The maximum Gasteiger partial charge on any atom is 0.254 e. The van der Waals surface area contributed by atoms with E-state index in [1.54, 1.807) is 16.6 Å². The monoisotopic (exact) mass is 257 g/mol. The molecule has 0 saturated heterocycles. The van der Waals surface area contributed by atoms with Gasteiger partial charge in [-0.25, -0.2) is 0 Å². The summed E-state index contributed by atoms with van der Waals surface area (Å²) in [6, 6.07) is 7.81. The Labute approximate surface area is 113 Å². The lowest BCUT2D eigenvalue weighted by atomic mass is 10.0. The van der Waals surface area contributed by atoms with E-state index in [4.69, 9.17) is 0 Å². The molecule has 0 spiro atoms. The van der Waals surface area contributed by atoms with Gasteiger partial charge in [-0.05, 0) is 31.5 Å². The largest absolute Gasteiger partial charge is 0.336 e. The number of aromatic nitrogens is 2. The Hall–Kier alpha value is -2.10. The minimum atomic E-state index is 0.0307. The molecular formula is C15H19N3O. The molecule has 0 N–H and O–H groups in total. The van der Waals surface area contributed by atoms with Crippen LogP contribution in [0.4, 0.5) is 0 Å². The molecule has 0 bridgehead atoms. The molecule has 0 unspecified atom stereocenters. The molecule has 100 valence electrons. The van der Waals surface area contributed by atoms with E-state index in [0.717, 1.165) is 16.8 Å². The van der Waals surface area contributed by atoms with E-state index >= 15 is 0 Å². The van der Waals surface area contributed by atoms with Gasteiger partial charge in [-0.2, -0.15) is 5.10 Å². The second-order valence-electron chi connectivity index (χ2n) is 4.96. The Morgan fingerprint density at radius 3 is 2.63 bits per heavy atom. The molecule has 4 nitrogen and oxygen atoms in total. The second kappa shape index (κ2) is 5.26. The zero-order valence-corrected chi connectivity index (χ0v) is 11.8. The Morgan fingerprint density at radius 2 is 2.05 bits per heavy atom. The van der Waals surface area contributed by atoms with Crippen molar-refractivity contribution in [2.45, 2.75) is 20.4 Å². The van der Waals surface area contributed by atoms with Crippen LogP contribution in [0.25, 0.3) is 0 Å². The van der Waals surface area contributed by atoms with E-state index in [1.165, 1.54) is 5.56 Å². The summed E-state index contributed by atoms with van der Waals surface area (Å²) < 4.78 is 1.74. The van der Waals surface area contributed by atoms with E-state index in [9.17, 15) is 4.79 Å². The highest BCUT2D eigenvalue weighted by molar-refractivity contribution is 5.95. The molecule has 0 saturated carbocycles. The predicted molar refractivity (Wildman–Crippen MR) is 74.9 cm³/mol. The van der Waals surface area contributed by atoms with Crippen LogP contribution in [-0.2, 0) is 13.6 Å². The molecule has 4 heteroatoms. The fourth-order valence-electron chi connectivity index (χ4n) is 2.12. The zero-order chi connectivity index (χ0) is 14.0. The van der Waals surface area contributed by atoms with Gasteiger partial charge in [0, 0.05) is 25.9 Å². The van der Waals surface area contributed by atoms with E-state index in [2.05, 4.69) is 5.10 Å². The summed E-state index contributed by atoms with van der Waals surface area (Å²) in [5.41, 5.74) is 3.83. The molecule has 1 aromatic carbocycles. The Bertz CT molecular complexity index is 601. The number of carbonyl (C=O) groups is 1. The molecule has 19 heavy (non-hydrogen) atoms. The SMILES string of the molecule is Cc1ccc(C(=O)N(C)Cc2ccn(C)n2)c(C)c1. The van der Waals surface area contributed by atoms with Crippen molar-refractivity contribution in [3.8, 4) is 0 Å². The highest BCUT2D eigenvalue weighted by atomic mass is 16.2. The fraction of sp³-hybridized carbons (Fsp3) is 0.333. The van der Waals surface area contributed by atoms with Crippen molar-refractivity contribution in [2.75, 3.05) is 7.05 Å². The first-order valence-electron chi connectivity index (χ1n) is 6.28. The highest BCUT2D eigenvalue weighted by Gasteiger charge is 2.15. The third-order valence-corrected chi connectivity index (χ3v) is 3.13. The van der Waals surface area contributed by atoms with Crippen molar-refractivity contribution in [1.82, 2.24) is 14.7 Å². The normalized spacial score (nSPS) is 10.5. The van der Waals surface area contributed by atoms with Gasteiger partial charge in [-0.1, -0.05) is 17.7 Å². The molecule has 0 aliphatic heterocycles. The summed E-state index contributed by atoms with van der Waals surface area (Å²) in [6.45, 7) is 4.51. The van der Waals surface area contributed by atoms with Gasteiger partial charge in [0.15, 0.2) is 0 Å². The van der Waals surface area contributed by atoms with Gasteiger partial charge >= 0.3 is 0 Å². The van der Waals surface area contributed by atoms with E-state index in [0.29, 0.717) is 6.54 Å². The van der Waals surface area contributed by atoms with Gasteiger partial charge in [-0.15, -0.1) is 0 Å². The summed E-state index contributed by atoms with van der Waals surface area (Å²) in [5, 5.41) is 4.29. The van der Waals surface area contributed by atoms with Gasteiger partial charge in [0.25, 0.3) is 5.91 Å². The average Bonchev–Trinajstić information content (AvgIpc) is 2.74. The topological polar surface area (TPSA) is 38.1 Å². The van der Waals surface area contributed by atoms with Crippen molar-refractivity contribution < 1.29 is 4.79 Å². The van der Waals surface area contributed by atoms with Crippen molar-refractivity contribution in [2.24, 2.45) is 7.05 Å². The van der Waals surface area contributed by atoms with E-state index in [-0.39, 0.29) is 5.91 Å². The van der Waals surface area contributed by atoms with Crippen LogP contribution in [-0.4, -0.2) is 27.6 Å². The van der Waals surface area contributed by atoms with Gasteiger partial charge in [0.2, 0.25) is 0 Å². The van der Waals surface area contributed by atoms with Crippen molar-refractivity contribution in [3.05, 3.63) is 52.8 Å². The second-order valence-corrected chi connectivity index (χ2v) is 4.96. The highest BCUT2D eigenvalue weighted by Crippen LogP contribution is 2.13. The summed E-state index contributed by atoms with van der Waals surface area (Å²) >= 11 is 0. The van der Waals surface area contributed by atoms with E-state index < -0.39 is 0 Å². The lowest BCUT2D eigenvalue weighted by Crippen LogP contribution is -2.27. The number of hydrogen-bond acceptors (Lipinski definition) is 2. The number of carbonyl (C=O) groups excluding carboxylic acids is 1. The summed E-state index contributed by atoms with van der Waals surface area (Å²) in [4.78, 5) is 14.1. The quantitative estimate of drug-likeness (QED) is 0.846. The molecule has 0 fully saturated rings. The van der Waals surface area contributed by atoms with Crippen LogP contribution in [0.5, 0.6) is 0 Å². The first-order chi connectivity index (χ1) is 8.97. The maximum atomic E-state index is 12.4. The predicted octanol–water partition coefficient (Wildman–Crippen LogP) is 2.31. The number of nitrogens with zero attached hydrogens (tertiary/aromatic N) is 3. The van der Waals surface area contributed by atoms with Crippen LogP contribution in [0, 0.1) is 13.8 Å². The summed E-state index contributed by atoms with van der Waals surface area (Å²) in [6.07, 6.45) is 1.88. The third kappa shape index (κ3) is 3.02. The first-order valence-corrected chi connectivity index (χ1v) is 6.28. The average molecular weight is 257 g/mol. The number of aryl methyl sites for hydroxylation is 3. The van der Waals surface area contributed by atoms with Gasteiger partial charge in [-0.3, -0.25) is 9.48 Å². The van der Waals surface area contributed by atoms with Crippen LogP contribution >= 0.6 is 0 Å². The Morgan fingerprint density at radius 1 is 1.32 bits per heavy atom. The van der Waals surface area contributed by atoms with Crippen molar-refractivity contribution in [1.29, 1.82) is 0 Å². The first kappa shape index (κ1) is 13.3. The van der Waals surface area contributed by atoms with Gasteiger partial charge in [0.05, 0.1) is 12.2 Å². The Balaban J connectivity index is 2.14. The van der Waals surface area contributed by atoms with Crippen LogP contribution < -0.4 is 0 Å². The van der Waals surface area contributed by atoms with E-state index in [1.807, 2.05) is 51.4 Å². The molecular weight excluding hydrogens is 238 g/mol. The van der Waals surface area contributed by atoms with Crippen molar-refractivity contribution in [3.63, 3.8) is 0 Å². The standard InChI is InChI=1S/C15H19N3O/c1-11-5-6-14(12(2)9-11)15(19)17(3)10-13-7-8-18(4)16-13/h5-9H,10H2,1-4H3. The molecule has 1 heterocycles. The lowest BCUT2D eigenvalue weighted by molar-refractivity contribution is 0.0782.